The highest BCUT2D eigenvalue weighted by atomic mass is 35.5. The van der Waals surface area contributed by atoms with E-state index in [9.17, 15) is 0 Å². The van der Waals surface area contributed by atoms with E-state index in [2.05, 4.69) is 5.16 Å². The lowest BCUT2D eigenvalue weighted by Gasteiger charge is -2.35. The first-order valence-corrected chi connectivity index (χ1v) is 3.51. The summed E-state index contributed by atoms with van der Waals surface area (Å²) in [4.78, 5) is 0. The zero-order valence-electron chi connectivity index (χ0n) is 7.35. The fraction of sp³-hybridized carbons (Fsp3) is 0.833. The second kappa shape index (κ2) is 4.73. The fourth-order valence-corrected chi connectivity index (χ4v) is 0.891. The Morgan fingerprint density at radius 2 is 2.23 bits per heavy atom. The minimum absolute atomic E-state index is 0. The lowest BCUT2D eigenvalue weighted by atomic mass is 10.2. The predicted octanol–water partition coefficient (Wildman–Crippen LogP) is 0.326. The van der Waals surface area contributed by atoms with E-state index in [1.165, 1.54) is 0 Å². The summed E-state index contributed by atoms with van der Waals surface area (Å²) < 4.78 is 10.3. The fourth-order valence-electron chi connectivity index (χ4n) is 0.891. The summed E-state index contributed by atoms with van der Waals surface area (Å²) in [7, 11) is 0. The van der Waals surface area contributed by atoms with Crippen molar-refractivity contribution in [1.82, 2.24) is 5.48 Å². The van der Waals surface area contributed by atoms with E-state index in [1.54, 1.807) is 13.8 Å². The molecule has 0 amide bonds. The van der Waals surface area contributed by atoms with Crippen molar-refractivity contribution in [2.45, 2.75) is 25.9 Å². The molecule has 1 unspecified atom stereocenters. The maximum atomic E-state index is 8.60. The Kier molecular flexibility index (Phi) is 4.58. The zero-order valence-corrected chi connectivity index (χ0v) is 8.17. The SMILES string of the molecule is CC1(C)OC/C(=N\O)C(NO)O1.Cl. The van der Waals surface area contributed by atoms with Crippen LogP contribution in [0.3, 0.4) is 0 Å². The summed E-state index contributed by atoms with van der Waals surface area (Å²) in [5.74, 6) is -0.783. The Hall–Kier alpha value is -0.400. The third-order valence-electron chi connectivity index (χ3n) is 1.52. The summed E-state index contributed by atoms with van der Waals surface area (Å²) >= 11 is 0. The van der Waals surface area contributed by atoms with Gasteiger partial charge in [0.1, 0.15) is 5.71 Å². The van der Waals surface area contributed by atoms with Crippen molar-refractivity contribution >= 4 is 18.1 Å². The first kappa shape index (κ1) is 12.6. The maximum absolute atomic E-state index is 8.60. The van der Waals surface area contributed by atoms with Crippen LogP contribution in [0.15, 0.2) is 5.16 Å². The molecule has 1 saturated heterocycles. The van der Waals surface area contributed by atoms with Crippen LogP contribution >= 0.6 is 12.4 Å². The molecule has 0 aromatic carbocycles. The van der Waals surface area contributed by atoms with E-state index < -0.39 is 12.0 Å². The van der Waals surface area contributed by atoms with Crippen LogP contribution in [-0.2, 0) is 9.47 Å². The second-order valence-corrected chi connectivity index (χ2v) is 2.91. The lowest BCUT2D eigenvalue weighted by Crippen LogP contribution is -2.51. The molecule has 13 heavy (non-hydrogen) atoms. The molecule has 1 fully saturated rings. The number of rotatable bonds is 1. The van der Waals surface area contributed by atoms with Gasteiger partial charge in [-0.3, -0.25) is 0 Å². The van der Waals surface area contributed by atoms with Gasteiger partial charge in [0.15, 0.2) is 12.0 Å². The van der Waals surface area contributed by atoms with Crippen LogP contribution in [0.2, 0.25) is 0 Å². The van der Waals surface area contributed by atoms with Gasteiger partial charge in [-0.25, -0.2) is 0 Å². The summed E-state index contributed by atoms with van der Waals surface area (Å²) in [6.07, 6.45) is -0.807. The third kappa shape index (κ3) is 3.09. The van der Waals surface area contributed by atoms with E-state index in [1.807, 2.05) is 5.48 Å². The normalized spacial score (nSPS) is 29.8. The summed E-state index contributed by atoms with van der Waals surface area (Å²) in [6, 6.07) is 0. The van der Waals surface area contributed by atoms with Crippen LogP contribution in [-0.4, -0.2) is 34.7 Å². The number of oxime groups is 1. The second-order valence-electron chi connectivity index (χ2n) is 2.91. The molecule has 1 aliphatic heterocycles. The van der Waals surface area contributed by atoms with Gasteiger partial charge < -0.3 is 19.9 Å². The van der Waals surface area contributed by atoms with E-state index in [0.717, 1.165) is 0 Å². The molecule has 7 heteroatoms. The highest BCUT2D eigenvalue weighted by Crippen LogP contribution is 2.18. The minimum Gasteiger partial charge on any atom is -0.411 e. The quantitative estimate of drug-likeness (QED) is 0.431. The molecular weight excluding hydrogens is 200 g/mol. The van der Waals surface area contributed by atoms with Crippen LogP contribution in [0.4, 0.5) is 0 Å². The zero-order chi connectivity index (χ0) is 9.19. The van der Waals surface area contributed by atoms with Crippen molar-refractivity contribution < 1.29 is 19.9 Å². The van der Waals surface area contributed by atoms with Crippen LogP contribution in [0.5, 0.6) is 0 Å². The molecule has 6 nitrogen and oxygen atoms in total. The molecule has 1 aliphatic rings. The molecule has 0 aliphatic carbocycles. The van der Waals surface area contributed by atoms with Gasteiger partial charge in [-0.2, -0.15) is 5.48 Å². The Morgan fingerprint density at radius 3 is 2.69 bits per heavy atom. The van der Waals surface area contributed by atoms with E-state index >= 15 is 0 Å². The van der Waals surface area contributed by atoms with Crippen LogP contribution in [0.1, 0.15) is 13.8 Å². The standard InChI is InChI=1S/C6H12N2O4.ClH/c1-6(2)11-3-4(7-9)5(8-10)12-6;/h5,8-10H,3H2,1-2H3;1H/b7-4+;. The van der Waals surface area contributed by atoms with Crippen molar-refractivity contribution in [2.24, 2.45) is 5.16 Å². The molecule has 0 spiro atoms. The molecule has 0 bridgehead atoms. The molecule has 1 heterocycles. The smallest absolute Gasteiger partial charge is 0.177 e. The van der Waals surface area contributed by atoms with Crippen molar-refractivity contribution in [3.05, 3.63) is 0 Å². The van der Waals surface area contributed by atoms with Gasteiger partial charge in [0.2, 0.25) is 0 Å². The van der Waals surface area contributed by atoms with Gasteiger partial charge in [-0.05, 0) is 13.8 Å². The average Bonchev–Trinajstić information content (AvgIpc) is 2.03. The van der Waals surface area contributed by atoms with Gasteiger partial charge in [-0.15, -0.1) is 12.4 Å². The number of ether oxygens (including phenoxy) is 2. The van der Waals surface area contributed by atoms with Gasteiger partial charge in [0.25, 0.3) is 0 Å². The number of hydroxylamine groups is 1. The Balaban J connectivity index is 0.00000144. The number of halogens is 1. The number of hydrogen-bond donors (Lipinski definition) is 3. The number of hydrogen-bond acceptors (Lipinski definition) is 6. The van der Waals surface area contributed by atoms with Crippen molar-refractivity contribution in [2.75, 3.05) is 6.61 Å². The van der Waals surface area contributed by atoms with Gasteiger partial charge >= 0.3 is 0 Å². The van der Waals surface area contributed by atoms with Crippen molar-refractivity contribution in [3.8, 4) is 0 Å². The third-order valence-corrected chi connectivity index (χ3v) is 1.52. The molecule has 1 rings (SSSR count). The first-order chi connectivity index (χ1) is 5.59. The van der Waals surface area contributed by atoms with Gasteiger partial charge in [-0.1, -0.05) is 5.16 Å². The summed E-state index contributed by atoms with van der Waals surface area (Å²) in [5, 5.41) is 20.0. The van der Waals surface area contributed by atoms with Crippen molar-refractivity contribution in [3.63, 3.8) is 0 Å². The van der Waals surface area contributed by atoms with Crippen LogP contribution < -0.4 is 5.48 Å². The molecular formula is C6H13ClN2O4. The highest BCUT2D eigenvalue weighted by molar-refractivity contribution is 5.89. The summed E-state index contributed by atoms with van der Waals surface area (Å²) in [5.41, 5.74) is 2.07. The highest BCUT2D eigenvalue weighted by Gasteiger charge is 2.33. The first-order valence-electron chi connectivity index (χ1n) is 3.51. The van der Waals surface area contributed by atoms with Crippen molar-refractivity contribution in [1.29, 1.82) is 0 Å². The Bertz CT molecular complexity index is 197. The molecule has 0 aromatic heterocycles. The van der Waals surface area contributed by atoms with Gasteiger partial charge in [0.05, 0.1) is 6.61 Å². The lowest BCUT2D eigenvalue weighted by molar-refractivity contribution is -0.253. The topological polar surface area (TPSA) is 83.3 Å². The van der Waals surface area contributed by atoms with Crippen LogP contribution in [0, 0.1) is 0 Å². The monoisotopic (exact) mass is 212 g/mol. The average molecular weight is 213 g/mol. The molecule has 0 aromatic rings. The van der Waals surface area contributed by atoms with Crippen LogP contribution in [0.25, 0.3) is 0 Å². The number of nitrogens with zero attached hydrogens (tertiary/aromatic N) is 1. The Labute approximate surface area is 81.9 Å². The molecule has 1 atom stereocenters. The van der Waals surface area contributed by atoms with E-state index in [4.69, 9.17) is 19.9 Å². The maximum Gasteiger partial charge on any atom is 0.177 e. The van der Waals surface area contributed by atoms with E-state index in [0.29, 0.717) is 0 Å². The summed E-state index contributed by atoms with van der Waals surface area (Å²) in [6.45, 7) is 3.53. The Morgan fingerprint density at radius 1 is 1.62 bits per heavy atom. The molecule has 0 radical (unpaired) electrons. The molecule has 0 saturated carbocycles. The largest absolute Gasteiger partial charge is 0.411 e. The minimum atomic E-state index is -0.807. The van der Waals surface area contributed by atoms with E-state index in [-0.39, 0.29) is 24.7 Å². The number of nitrogens with one attached hydrogen (secondary N) is 1. The van der Waals surface area contributed by atoms with Gasteiger partial charge in [0, 0.05) is 0 Å². The molecule has 3 N–H and O–H groups in total. The molecule has 78 valence electrons. The predicted molar refractivity (Wildman–Crippen MR) is 46.3 cm³/mol.